The summed E-state index contributed by atoms with van der Waals surface area (Å²) in [6.07, 6.45) is 3.16. The lowest BCUT2D eigenvalue weighted by atomic mass is 9.96. The summed E-state index contributed by atoms with van der Waals surface area (Å²) in [6.45, 7) is 6.68. The Morgan fingerprint density at radius 3 is 2.31 bits per heavy atom. The van der Waals surface area contributed by atoms with Gasteiger partial charge in [0.15, 0.2) is 0 Å². The second kappa shape index (κ2) is 8.96. The number of Topliss-reactive ketones (excluding diaryl/α,β-unsaturated/α-hetero) is 1. The average molecular weight is 397 g/mol. The minimum Gasteiger partial charge on any atom is -0.507 e. The highest BCUT2D eigenvalue weighted by molar-refractivity contribution is 6.46. The van der Waals surface area contributed by atoms with Crippen LogP contribution in [0, 0.1) is 5.82 Å². The number of benzene rings is 1. The Labute approximate surface area is 169 Å². The summed E-state index contributed by atoms with van der Waals surface area (Å²) in [5.41, 5.74) is 0.974. The van der Waals surface area contributed by atoms with Crippen LogP contribution in [0.5, 0.6) is 0 Å². The Balaban J connectivity index is 2.06. The third-order valence-electron chi connectivity index (χ3n) is 5.23. The normalized spacial score (nSPS) is 18.6. The van der Waals surface area contributed by atoms with Crippen LogP contribution in [0.25, 0.3) is 5.76 Å². The van der Waals surface area contributed by atoms with Gasteiger partial charge in [-0.05, 0) is 55.1 Å². The van der Waals surface area contributed by atoms with E-state index in [4.69, 9.17) is 0 Å². The van der Waals surface area contributed by atoms with Gasteiger partial charge in [-0.15, -0.1) is 0 Å². The summed E-state index contributed by atoms with van der Waals surface area (Å²) in [5, 5.41) is 10.9. The number of halogens is 1. The van der Waals surface area contributed by atoms with E-state index in [-0.39, 0.29) is 16.9 Å². The van der Waals surface area contributed by atoms with Gasteiger partial charge in [-0.25, -0.2) is 4.39 Å². The van der Waals surface area contributed by atoms with Crippen LogP contribution < -0.4 is 0 Å². The summed E-state index contributed by atoms with van der Waals surface area (Å²) < 4.78 is 13.3. The smallest absolute Gasteiger partial charge is 0.295 e. The molecule has 1 aliphatic heterocycles. The number of hydrogen-bond donors (Lipinski definition) is 1. The number of aliphatic hydroxyl groups excluding tert-OH is 1. The number of likely N-dealkylation sites (tertiary alicyclic amines) is 1. The van der Waals surface area contributed by atoms with Crippen molar-refractivity contribution in [3.8, 4) is 0 Å². The maximum absolute atomic E-state index is 13.3. The number of aliphatic hydroxyl groups is 1. The Hall–Kier alpha value is -3.06. The monoisotopic (exact) mass is 397 g/mol. The maximum atomic E-state index is 13.3. The van der Waals surface area contributed by atoms with Crippen molar-refractivity contribution in [1.29, 1.82) is 0 Å². The molecule has 0 bridgehead atoms. The minimum absolute atomic E-state index is 0.00681. The number of ketones is 1. The van der Waals surface area contributed by atoms with E-state index in [2.05, 4.69) is 9.88 Å². The van der Waals surface area contributed by atoms with Gasteiger partial charge in [0.25, 0.3) is 11.7 Å². The minimum atomic E-state index is -0.742. The Kier molecular flexibility index (Phi) is 6.39. The zero-order valence-electron chi connectivity index (χ0n) is 16.5. The molecule has 0 saturated carbocycles. The molecule has 0 aliphatic carbocycles. The van der Waals surface area contributed by atoms with Crippen molar-refractivity contribution < 1.29 is 19.1 Å². The van der Waals surface area contributed by atoms with Gasteiger partial charge in [-0.3, -0.25) is 14.6 Å². The molecule has 0 radical (unpaired) electrons. The second-order valence-corrected chi connectivity index (χ2v) is 6.81. The number of aromatic nitrogens is 1. The van der Waals surface area contributed by atoms with E-state index < -0.39 is 23.5 Å². The Bertz CT molecular complexity index is 909. The molecular formula is C22H24FN3O3. The van der Waals surface area contributed by atoms with Crippen LogP contribution in [-0.2, 0) is 9.59 Å². The summed E-state index contributed by atoms with van der Waals surface area (Å²) in [6, 6.07) is 7.89. The zero-order valence-corrected chi connectivity index (χ0v) is 16.5. The zero-order chi connectivity index (χ0) is 21.0. The molecule has 2 aromatic rings. The van der Waals surface area contributed by atoms with E-state index in [0.717, 1.165) is 13.1 Å². The number of hydrogen-bond acceptors (Lipinski definition) is 5. The quantitative estimate of drug-likeness (QED) is 0.442. The molecule has 1 fully saturated rings. The fraction of sp³-hybridized carbons (Fsp3) is 0.318. The summed E-state index contributed by atoms with van der Waals surface area (Å²) >= 11 is 0. The van der Waals surface area contributed by atoms with Crippen LogP contribution in [0.1, 0.15) is 31.0 Å². The van der Waals surface area contributed by atoms with Gasteiger partial charge < -0.3 is 14.9 Å². The molecule has 152 valence electrons. The van der Waals surface area contributed by atoms with E-state index in [1.54, 1.807) is 24.5 Å². The molecule has 7 heteroatoms. The number of carbonyl (C=O) groups excluding carboxylic acids is 2. The highest BCUT2D eigenvalue weighted by Crippen LogP contribution is 2.39. The summed E-state index contributed by atoms with van der Waals surface area (Å²) in [7, 11) is 0. The number of amides is 1. The highest BCUT2D eigenvalue weighted by Gasteiger charge is 2.45. The molecule has 29 heavy (non-hydrogen) atoms. The predicted molar refractivity (Wildman–Crippen MR) is 107 cm³/mol. The third-order valence-corrected chi connectivity index (χ3v) is 5.23. The number of likely N-dealkylation sites (N-methyl/N-ethyl adjacent to an activating group) is 1. The van der Waals surface area contributed by atoms with Crippen molar-refractivity contribution in [3.05, 3.63) is 71.3 Å². The molecule has 1 N–H and O–H groups in total. The lowest BCUT2D eigenvalue weighted by molar-refractivity contribution is -0.140. The highest BCUT2D eigenvalue weighted by atomic mass is 19.1. The van der Waals surface area contributed by atoms with Gasteiger partial charge >= 0.3 is 0 Å². The molecule has 1 aromatic carbocycles. The van der Waals surface area contributed by atoms with Crippen LogP contribution in [-0.4, -0.2) is 57.8 Å². The van der Waals surface area contributed by atoms with E-state index >= 15 is 0 Å². The molecule has 1 aliphatic rings. The average Bonchev–Trinajstić information content (AvgIpc) is 3.00. The molecule has 1 aromatic heterocycles. The van der Waals surface area contributed by atoms with Crippen LogP contribution in [0.15, 0.2) is 54.4 Å². The van der Waals surface area contributed by atoms with Crippen molar-refractivity contribution in [2.24, 2.45) is 0 Å². The largest absolute Gasteiger partial charge is 0.507 e. The second-order valence-electron chi connectivity index (χ2n) is 6.81. The first-order valence-corrected chi connectivity index (χ1v) is 9.64. The lowest BCUT2D eigenvalue weighted by Crippen LogP contribution is -2.38. The standard InChI is InChI=1S/C22H24FN3O3/c1-3-25(4-2)13-14-26-19(15-9-11-24-12-10-15)18(21(28)22(26)29)20(27)16-5-7-17(23)8-6-16/h5-12,19,27H,3-4,13-14H2,1-2H3/t19-/m0/s1. The fourth-order valence-electron chi connectivity index (χ4n) is 3.56. The third kappa shape index (κ3) is 4.19. The van der Waals surface area contributed by atoms with Crippen LogP contribution in [0.4, 0.5) is 4.39 Å². The lowest BCUT2D eigenvalue weighted by Gasteiger charge is -2.28. The topological polar surface area (TPSA) is 73.7 Å². The first kappa shape index (κ1) is 20.7. The van der Waals surface area contributed by atoms with Gasteiger partial charge in [-0.2, -0.15) is 0 Å². The fourth-order valence-corrected chi connectivity index (χ4v) is 3.56. The molecule has 1 saturated heterocycles. The number of nitrogens with zero attached hydrogens (tertiary/aromatic N) is 3. The molecule has 0 spiro atoms. The molecule has 3 rings (SSSR count). The van der Waals surface area contributed by atoms with Crippen LogP contribution in [0.3, 0.4) is 0 Å². The van der Waals surface area contributed by atoms with Gasteiger partial charge in [0.2, 0.25) is 0 Å². The van der Waals surface area contributed by atoms with Gasteiger partial charge in [-0.1, -0.05) is 13.8 Å². The number of pyridine rings is 1. The number of rotatable bonds is 7. The Morgan fingerprint density at radius 2 is 1.72 bits per heavy atom. The molecular weight excluding hydrogens is 373 g/mol. The van der Waals surface area contributed by atoms with Crippen molar-refractivity contribution in [2.45, 2.75) is 19.9 Å². The molecule has 1 amide bonds. The van der Waals surface area contributed by atoms with Crippen molar-refractivity contribution in [1.82, 2.24) is 14.8 Å². The van der Waals surface area contributed by atoms with Gasteiger partial charge in [0, 0.05) is 31.0 Å². The van der Waals surface area contributed by atoms with E-state index in [1.807, 2.05) is 13.8 Å². The molecule has 1 atom stereocenters. The van der Waals surface area contributed by atoms with Crippen molar-refractivity contribution in [3.63, 3.8) is 0 Å². The van der Waals surface area contributed by atoms with E-state index in [9.17, 15) is 19.1 Å². The summed E-state index contributed by atoms with van der Waals surface area (Å²) in [4.78, 5) is 33.3. The molecule has 2 heterocycles. The van der Waals surface area contributed by atoms with E-state index in [0.29, 0.717) is 18.7 Å². The molecule has 0 unspecified atom stereocenters. The first-order chi connectivity index (χ1) is 14.0. The Morgan fingerprint density at radius 1 is 1.10 bits per heavy atom. The van der Waals surface area contributed by atoms with Gasteiger partial charge in [0.05, 0.1) is 11.6 Å². The van der Waals surface area contributed by atoms with E-state index in [1.165, 1.54) is 29.2 Å². The SMILES string of the molecule is CCN(CC)CCN1C(=O)C(=O)C(=C(O)c2ccc(F)cc2)[C@@H]1c1ccncc1. The summed E-state index contributed by atoms with van der Waals surface area (Å²) in [5.74, 6) is -2.15. The van der Waals surface area contributed by atoms with Crippen molar-refractivity contribution >= 4 is 17.4 Å². The van der Waals surface area contributed by atoms with Crippen molar-refractivity contribution in [2.75, 3.05) is 26.2 Å². The predicted octanol–water partition coefficient (Wildman–Crippen LogP) is 2.98. The van der Waals surface area contributed by atoms with Crippen LogP contribution in [0.2, 0.25) is 0 Å². The van der Waals surface area contributed by atoms with Crippen LogP contribution >= 0.6 is 0 Å². The number of carbonyl (C=O) groups is 2. The molecule has 6 nitrogen and oxygen atoms in total. The first-order valence-electron chi connectivity index (χ1n) is 9.64. The van der Waals surface area contributed by atoms with Gasteiger partial charge in [0.1, 0.15) is 11.6 Å². The maximum Gasteiger partial charge on any atom is 0.295 e.